The number of rotatable bonds is 3. The highest BCUT2D eigenvalue weighted by Gasteiger charge is 2.42. The highest BCUT2D eigenvalue weighted by molar-refractivity contribution is 5.85. The lowest BCUT2D eigenvalue weighted by Crippen LogP contribution is -2.53. The van der Waals surface area contributed by atoms with Gasteiger partial charge in [0.15, 0.2) is 0 Å². The van der Waals surface area contributed by atoms with Crippen LogP contribution in [0.4, 0.5) is 4.79 Å². The fourth-order valence-electron chi connectivity index (χ4n) is 2.20. The Kier molecular flexibility index (Phi) is 4.31. The third kappa shape index (κ3) is 3.40. The van der Waals surface area contributed by atoms with E-state index in [1.807, 2.05) is 0 Å². The van der Waals surface area contributed by atoms with Gasteiger partial charge in [0, 0.05) is 13.1 Å². The Hall–Kier alpha value is -1.79. The van der Waals surface area contributed by atoms with Crippen LogP contribution >= 0.6 is 0 Å². The SMILES string of the molecule is CC1(C(N)=O)CCN(C(=O)N[C@H](C(=O)O)C(C)(C)C)C1. The van der Waals surface area contributed by atoms with Gasteiger partial charge in [0.05, 0.1) is 5.41 Å². The third-order valence-electron chi connectivity index (χ3n) is 3.74. The number of primary amides is 1. The number of carboxylic acids is 1. The third-order valence-corrected chi connectivity index (χ3v) is 3.74. The average Bonchev–Trinajstić information content (AvgIpc) is 2.68. The Bertz CT molecular complexity index is 430. The summed E-state index contributed by atoms with van der Waals surface area (Å²) in [6, 6.07) is -1.47. The molecular weight excluding hydrogens is 262 g/mol. The van der Waals surface area contributed by atoms with Crippen LogP contribution in [0.5, 0.6) is 0 Å². The zero-order valence-electron chi connectivity index (χ0n) is 12.4. The van der Waals surface area contributed by atoms with Crippen LogP contribution in [-0.2, 0) is 9.59 Å². The van der Waals surface area contributed by atoms with Gasteiger partial charge in [0.25, 0.3) is 0 Å². The Morgan fingerprint density at radius 1 is 1.35 bits per heavy atom. The molecule has 0 radical (unpaired) electrons. The molecule has 0 aromatic heterocycles. The maximum Gasteiger partial charge on any atom is 0.326 e. The largest absolute Gasteiger partial charge is 0.480 e. The maximum atomic E-state index is 12.1. The number of carbonyl (C=O) groups excluding carboxylic acids is 2. The number of nitrogens with two attached hydrogens (primary N) is 1. The predicted molar refractivity (Wildman–Crippen MR) is 72.9 cm³/mol. The number of hydrogen-bond donors (Lipinski definition) is 3. The molecule has 114 valence electrons. The summed E-state index contributed by atoms with van der Waals surface area (Å²) in [4.78, 5) is 36.1. The Labute approximate surface area is 118 Å². The monoisotopic (exact) mass is 285 g/mol. The fraction of sp³-hybridized carbons (Fsp3) is 0.769. The standard InChI is InChI=1S/C13H23N3O4/c1-12(2,3)8(9(17)18)15-11(20)16-6-5-13(4,7-16)10(14)19/h8H,5-7H2,1-4H3,(H2,14,19)(H,15,20)(H,17,18)/t8-,13?/m1/s1. The molecule has 0 bridgehead atoms. The van der Waals surface area contributed by atoms with Crippen LogP contribution in [-0.4, -0.2) is 47.0 Å². The summed E-state index contributed by atoms with van der Waals surface area (Å²) in [6.45, 7) is 7.53. The summed E-state index contributed by atoms with van der Waals surface area (Å²) < 4.78 is 0. The molecule has 1 fully saturated rings. The van der Waals surface area contributed by atoms with Crippen molar-refractivity contribution in [3.8, 4) is 0 Å². The van der Waals surface area contributed by atoms with Crippen LogP contribution in [0.3, 0.4) is 0 Å². The van der Waals surface area contributed by atoms with Crippen molar-refractivity contribution >= 4 is 17.9 Å². The van der Waals surface area contributed by atoms with E-state index in [0.29, 0.717) is 13.0 Å². The molecule has 0 saturated carbocycles. The number of nitrogens with zero attached hydrogens (tertiary/aromatic N) is 1. The van der Waals surface area contributed by atoms with Gasteiger partial charge >= 0.3 is 12.0 Å². The maximum absolute atomic E-state index is 12.1. The van der Waals surface area contributed by atoms with Crippen LogP contribution in [0.2, 0.25) is 0 Å². The smallest absolute Gasteiger partial charge is 0.326 e. The summed E-state index contributed by atoms with van der Waals surface area (Å²) >= 11 is 0. The molecule has 0 spiro atoms. The molecule has 1 rings (SSSR count). The van der Waals surface area contributed by atoms with E-state index in [-0.39, 0.29) is 6.54 Å². The molecule has 1 saturated heterocycles. The first-order valence-electron chi connectivity index (χ1n) is 6.55. The van der Waals surface area contributed by atoms with Crippen molar-refractivity contribution < 1.29 is 19.5 Å². The minimum Gasteiger partial charge on any atom is -0.480 e. The van der Waals surface area contributed by atoms with Crippen molar-refractivity contribution in [3.63, 3.8) is 0 Å². The predicted octanol–water partition coefficient (Wildman–Crippen LogP) is 0.393. The number of hydrogen-bond acceptors (Lipinski definition) is 3. The zero-order chi connectivity index (χ0) is 15.7. The molecule has 1 heterocycles. The number of nitrogens with one attached hydrogen (secondary N) is 1. The molecule has 0 aromatic rings. The van der Waals surface area contributed by atoms with Gasteiger partial charge in [-0.05, 0) is 18.8 Å². The van der Waals surface area contributed by atoms with Gasteiger partial charge in [0.2, 0.25) is 5.91 Å². The number of aliphatic carboxylic acids is 1. The molecule has 1 aliphatic rings. The summed E-state index contributed by atoms with van der Waals surface area (Å²) in [7, 11) is 0. The molecule has 1 aliphatic heterocycles. The molecule has 4 N–H and O–H groups in total. The van der Waals surface area contributed by atoms with E-state index in [9.17, 15) is 19.5 Å². The lowest BCUT2D eigenvalue weighted by Gasteiger charge is -2.30. The van der Waals surface area contributed by atoms with Crippen LogP contribution in [0.1, 0.15) is 34.1 Å². The molecule has 0 aliphatic carbocycles. The molecule has 20 heavy (non-hydrogen) atoms. The molecule has 2 atom stereocenters. The Morgan fingerprint density at radius 3 is 2.25 bits per heavy atom. The number of amides is 3. The summed E-state index contributed by atoms with van der Waals surface area (Å²) in [5, 5.41) is 11.7. The molecule has 3 amide bonds. The number of urea groups is 1. The number of likely N-dealkylation sites (tertiary alicyclic amines) is 1. The Balaban J connectivity index is 2.73. The fourth-order valence-corrected chi connectivity index (χ4v) is 2.20. The van der Waals surface area contributed by atoms with E-state index >= 15 is 0 Å². The molecule has 1 unspecified atom stereocenters. The summed E-state index contributed by atoms with van der Waals surface area (Å²) in [6.07, 6.45) is 0.489. The minimum atomic E-state index is -1.08. The topological polar surface area (TPSA) is 113 Å². The molecule has 7 nitrogen and oxygen atoms in total. The van der Waals surface area contributed by atoms with E-state index in [2.05, 4.69) is 5.32 Å². The van der Waals surface area contributed by atoms with Gasteiger partial charge in [-0.1, -0.05) is 20.8 Å². The van der Waals surface area contributed by atoms with Gasteiger partial charge in [-0.3, -0.25) is 4.79 Å². The minimum absolute atomic E-state index is 0.213. The average molecular weight is 285 g/mol. The van der Waals surface area contributed by atoms with E-state index in [1.54, 1.807) is 27.7 Å². The van der Waals surface area contributed by atoms with E-state index in [0.717, 1.165) is 0 Å². The van der Waals surface area contributed by atoms with Crippen molar-refractivity contribution in [1.82, 2.24) is 10.2 Å². The van der Waals surface area contributed by atoms with Gasteiger partial charge in [-0.15, -0.1) is 0 Å². The summed E-state index contributed by atoms with van der Waals surface area (Å²) in [5.74, 6) is -1.53. The lowest BCUT2D eigenvalue weighted by molar-refractivity contribution is -0.142. The molecule has 7 heteroatoms. The Morgan fingerprint density at radius 2 is 1.90 bits per heavy atom. The molecular formula is C13H23N3O4. The van der Waals surface area contributed by atoms with Crippen LogP contribution in [0, 0.1) is 10.8 Å². The second kappa shape index (κ2) is 5.30. The van der Waals surface area contributed by atoms with Crippen molar-refractivity contribution in [3.05, 3.63) is 0 Å². The first kappa shape index (κ1) is 16.3. The molecule has 0 aromatic carbocycles. The second-order valence-electron chi connectivity index (χ2n) is 6.68. The first-order chi connectivity index (χ1) is 8.97. The van der Waals surface area contributed by atoms with Crippen LogP contribution < -0.4 is 11.1 Å². The number of carboxylic acid groups (broad SMARTS) is 1. The van der Waals surface area contributed by atoms with E-state index < -0.39 is 34.8 Å². The quantitative estimate of drug-likeness (QED) is 0.696. The van der Waals surface area contributed by atoms with E-state index in [4.69, 9.17) is 5.73 Å². The van der Waals surface area contributed by atoms with Crippen molar-refractivity contribution in [2.24, 2.45) is 16.6 Å². The van der Waals surface area contributed by atoms with Gasteiger partial charge in [-0.2, -0.15) is 0 Å². The van der Waals surface area contributed by atoms with Crippen LogP contribution in [0.15, 0.2) is 0 Å². The van der Waals surface area contributed by atoms with Gasteiger partial charge < -0.3 is 21.1 Å². The van der Waals surface area contributed by atoms with Crippen molar-refractivity contribution in [1.29, 1.82) is 0 Å². The van der Waals surface area contributed by atoms with Gasteiger partial charge in [-0.25, -0.2) is 9.59 Å². The number of carbonyl (C=O) groups is 3. The summed E-state index contributed by atoms with van der Waals surface area (Å²) in [5.41, 5.74) is 3.98. The highest BCUT2D eigenvalue weighted by Crippen LogP contribution is 2.29. The zero-order valence-corrected chi connectivity index (χ0v) is 12.4. The lowest BCUT2D eigenvalue weighted by atomic mass is 9.87. The van der Waals surface area contributed by atoms with Gasteiger partial charge in [0.1, 0.15) is 6.04 Å². The first-order valence-corrected chi connectivity index (χ1v) is 6.55. The van der Waals surface area contributed by atoms with Crippen LogP contribution in [0.25, 0.3) is 0 Å². The van der Waals surface area contributed by atoms with Crippen molar-refractivity contribution in [2.75, 3.05) is 13.1 Å². The van der Waals surface area contributed by atoms with Crippen molar-refractivity contribution in [2.45, 2.75) is 40.2 Å². The van der Waals surface area contributed by atoms with E-state index in [1.165, 1.54) is 4.90 Å². The highest BCUT2D eigenvalue weighted by atomic mass is 16.4. The normalized spacial score (nSPS) is 24.3. The second-order valence-corrected chi connectivity index (χ2v) is 6.68.